The highest BCUT2D eigenvalue weighted by atomic mass is 32.1. The number of amides is 1. The van der Waals surface area contributed by atoms with E-state index >= 15 is 0 Å². The molecule has 1 aromatic rings. The minimum atomic E-state index is -0.559. The third kappa shape index (κ3) is 4.92. The topological polar surface area (TPSA) is 99.1 Å². The van der Waals surface area contributed by atoms with Crippen LogP contribution in [-0.4, -0.2) is 48.8 Å². The first kappa shape index (κ1) is 17.2. The van der Waals surface area contributed by atoms with Crippen molar-refractivity contribution < 1.29 is 23.8 Å². The summed E-state index contributed by atoms with van der Waals surface area (Å²) in [6.45, 7) is 5.81. The standard InChI is InChI=1S/C14H19N3O5S/c1-14(2,3)22-13(19)15-5-10-16-8(6-21-10)11-17-9(7-23-11)12(18)20-4/h7-8H,5-6H2,1-4H3,(H,15,19). The lowest BCUT2D eigenvalue weighted by molar-refractivity contribution is 0.0532. The van der Waals surface area contributed by atoms with Crippen LogP contribution in [0.25, 0.3) is 0 Å². The maximum Gasteiger partial charge on any atom is 0.408 e. The second-order valence-electron chi connectivity index (χ2n) is 5.77. The van der Waals surface area contributed by atoms with Crippen molar-refractivity contribution in [2.24, 2.45) is 4.99 Å². The minimum absolute atomic E-state index is 0.140. The summed E-state index contributed by atoms with van der Waals surface area (Å²) in [5.41, 5.74) is -0.307. The maximum atomic E-state index is 11.6. The number of hydrogen-bond donors (Lipinski definition) is 1. The molecule has 0 saturated carbocycles. The highest BCUT2D eigenvalue weighted by Gasteiger charge is 2.25. The van der Waals surface area contributed by atoms with Gasteiger partial charge in [-0.15, -0.1) is 11.3 Å². The summed E-state index contributed by atoms with van der Waals surface area (Å²) in [6.07, 6.45) is -0.533. The lowest BCUT2D eigenvalue weighted by Crippen LogP contribution is -2.35. The number of aliphatic imine (C=N–C) groups is 1. The molecule has 0 aromatic carbocycles. The Morgan fingerprint density at radius 2 is 2.22 bits per heavy atom. The Bertz CT molecular complexity index is 620. The van der Waals surface area contributed by atoms with Gasteiger partial charge in [0, 0.05) is 5.38 Å². The maximum absolute atomic E-state index is 11.6. The molecule has 0 bridgehead atoms. The van der Waals surface area contributed by atoms with Crippen molar-refractivity contribution >= 4 is 29.3 Å². The van der Waals surface area contributed by atoms with Crippen LogP contribution in [0, 0.1) is 0 Å². The number of hydrogen-bond acceptors (Lipinski definition) is 8. The summed E-state index contributed by atoms with van der Waals surface area (Å²) < 4.78 is 15.2. The molecule has 0 spiro atoms. The number of carbonyl (C=O) groups is 2. The molecule has 126 valence electrons. The number of ether oxygens (including phenoxy) is 3. The SMILES string of the molecule is COC(=O)c1csc(C2COC(CNC(=O)OC(C)(C)C)=N2)n1. The quantitative estimate of drug-likeness (QED) is 0.840. The van der Waals surface area contributed by atoms with Crippen molar-refractivity contribution in [3.63, 3.8) is 0 Å². The average Bonchev–Trinajstić information content (AvgIpc) is 3.11. The van der Waals surface area contributed by atoms with Gasteiger partial charge in [0.15, 0.2) is 5.69 Å². The molecule has 1 atom stereocenters. The van der Waals surface area contributed by atoms with Gasteiger partial charge in [0.2, 0.25) is 5.90 Å². The normalized spacial score (nSPS) is 17.2. The van der Waals surface area contributed by atoms with Gasteiger partial charge in [0.1, 0.15) is 23.3 Å². The second-order valence-corrected chi connectivity index (χ2v) is 6.66. The number of methoxy groups -OCH3 is 1. The van der Waals surface area contributed by atoms with Gasteiger partial charge in [0.25, 0.3) is 0 Å². The molecule has 1 N–H and O–H groups in total. The van der Waals surface area contributed by atoms with Gasteiger partial charge in [0.05, 0.1) is 13.7 Å². The monoisotopic (exact) mass is 341 g/mol. The lowest BCUT2D eigenvalue weighted by Gasteiger charge is -2.19. The molecule has 1 aromatic heterocycles. The summed E-state index contributed by atoms with van der Waals surface area (Å²) in [6, 6.07) is -0.283. The first-order chi connectivity index (χ1) is 10.8. The van der Waals surface area contributed by atoms with Crippen LogP contribution in [0.4, 0.5) is 4.79 Å². The van der Waals surface area contributed by atoms with Crippen LogP contribution < -0.4 is 5.32 Å². The molecule has 2 rings (SSSR count). The van der Waals surface area contributed by atoms with E-state index in [2.05, 4.69) is 20.0 Å². The third-order valence-electron chi connectivity index (χ3n) is 2.69. The Morgan fingerprint density at radius 3 is 2.87 bits per heavy atom. The van der Waals surface area contributed by atoms with E-state index in [0.717, 1.165) is 0 Å². The predicted octanol–water partition coefficient (Wildman–Crippen LogP) is 1.92. The number of esters is 1. The van der Waals surface area contributed by atoms with E-state index in [9.17, 15) is 9.59 Å². The van der Waals surface area contributed by atoms with Gasteiger partial charge in [-0.25, -0.2) is 19.6 Å². The Kier molecular flexibility index (Phi) is 5.19. The molecule has 2 heterocycles. The van der Waals surface area contributed by atoms with Crippen LogP contribution in [0.15, 0.2) is 10.4 Å². The minimum Gasteiger partial charge on any atom is -0.477 e. The summed E-state index contributed by atoms with van der Waals surface area (Å²) in [5.74, 6) is -0.0853. The summed E-state index contributed by atoms with van der Waals surface area (Å²) in [7, 11) is 1.30. The van der Waals surface area contributed by atoms with E-state index in [1.165, 1.54) is 18.4 Å². The molecule has 1 aliphatic rings. The van der Waals surface area contributed by atoms with Gasteiger partial charge in [-0.3, -0.25) is 0 Å². The number of carbonyl (C=O) groups excluding carboxylic acids is 2. The summed E-state index contributed by atoms with van der Waals surface area (Å²) in [5, 5.41) is 4.86. The van der Waals surface area contributed by atoms with E-state index in [1.807, 2.05) is 0 Å². The molecule has 9 heteroatoms. The second kappa shape index (κ2) is 6.95. The third-order valence-corrected chi connectivity index (χ3v) is 3.64. The predicted molar refractivity (Wildman–Crippen MR) is 83.8 cm³/mol. The molecule has 1 amide bonds. The zero-order chi connectivity index (χ0) is 17.0. The van der Waals surface area contributed by atoms with Crippen molar-refractivity contribution in [1.29, 1.82) is 0 Å². The lowest BCUT2D eigenvalue weighted by atomic mass is 10.2. The first-order valence-electron chi connectivity index (χ1n) is 6.98. The average molecular weight is 341 g/mol. The molecule has 0 radical (unpaired) electrons. The van der Waals surface area contributed by atoms with Crippen molar-refractivity contribution in [2.45, 2.75) is 32.4 Å². The van der Waals surface area contributed by atoms with E-state index < -0.39 is 17.7 Å². The van der Waals surface area contributed by atoms with E-state index in [4.69, 9.17) is 9.47 Å². The van der Waals surface area contributed by atoms with E-state index in [1.54, 1.807) is 26.2 Å². The van der Waals surface area contributed by atoms with Crippen LogP contribution in [0.5, 0.6) is 0 Å². The van der Waals surface area contributed by atoms with Crippen LogP contribution in [0.2, 0.25) is 0 Å². The number of aromatic nitrogens is 1. The van der Waals surface area contributed by atoms with E-state index in [0.29, 0.717) is 17.5 Å². The fourth-order valence-electron chi connectivity index (χ4n) is 1.75. The van der Waals surface area contributed by atoms with Gasteiger partial charge >= 0.3 is 12.1 Å². The van der Waals surface area contributed by atoms with Gasteiger partial charge in [-0.05, 0) is 20.8 Å². The zero-order valence-corrected chi connectivity index (χ0v) is 14.2. The van der Waals surface area contributed by atoms with Gasteiger partial charge in [-0.2, -0.15) is 0 Å². The van der Waals surface area contributed by atoms with Crippen LogP contribution in [0.3, 0.4) is 0 Å². The zero-order valence-electron chi connectivity index (χ0n) is 13.4. The highest BCUT2D eigenvalue weighted by Crippen LogP contribution is 2.26. The van der Waals surface area contributed by atoms with Gasteiger partial charge < -0.3 is 19.5 Å². The molecular formula is C14H19N3O5S. The molecule has 8 nitrogen and oxygen atoms in total. The fraction of sp³-hybridized carbons (Fsp3) is 0.571. The molecular weight excluding hydrogens is 322 g/mol. The number of nitrogens with one attached hydrogen (secondary N) is 1. The number of alkyl carbamates (subject to hydrolysis) is 1. The number of rotatable bonds is 4. The molecule has 0 aliphatic carbocycles. The summed E-state index contributed by atoms with van der Waals surface area (Å²) >= 11 is 1.31. The van der Waals surface area contributed by atoms with Gasteiger partial charge in [-0.1, -0.05) is 0 Å². The molecule has 1 unspecified atom stereocenters. The summed E-state index contributed by atoms with van der Waals surface area (Å²) in [4.78, 5) is 31.5. The Labute approximate surface area is 137 Å². The van der Waals surface area contributed by atoms with Crippen molar-refractivity contribution in [1.82, 2.24) is 10.3 Å². The van der Waals surface area contributed by atoms with Crippen molar-refractivity contribution in [3.8, 4) is 0 Å². The number of nitrogens with zero attached hydrogens (tertiary/aromatic N) is 2. The largest absolute Gasteiger partial charge is 0.477 e. The molecule has 0 saturated heterocycles. The Balaban J connectivity index is 1.90. The Morgan fingerprint density at radius 1 is 1.48 bits per heavy atom. The van der Waals surface area contributed by atoms with Crippen LogP contribution >= 0.6 is 11.3 Å². The molecule has 1 aliphatic heterocycles. The van der Waals surface area contributed by atoms with E-state index in [-0.39, 0.29) is 18.3 Å². The van der Waals surface area contributed by atoms with Crippen molar-refractivity contribution in [2.75, 3.05) is 20.3 Å². The molecule has 0 fully saturated rings. The number of thiazole rings is 1. The van der Waals surface area contributed by atoms with Crippen molar-refractivity contribution in [3.05, 3.63) is 16.1 Å². The van der Waals surface area contributed by atoms with Crippen LogP contribution in [0.1, 0.15) is 42.3 Å². The highest BCUT2D eigenvalue weighted by molar-refractivity contribution is 7.09. The molecule has 23 heavy (non-hydrogen) atoms. The van der Waals surface area contributed by atoms with Crippen LogP contribution in [-0.2, 0) is 14.2 Å². The Hall–Kier alpha value is -2.16. The smallest absolute Gasteiger partial charge is 0.408 e. The first-order valence-corrected chi connectivity index (χ1v) is 7.86. The fourth-order valence-corrected chi connectivity index (χ4v) is 2.56.